The van der Waals surface area contributed by atoms with Crippen LogP contribution in [0.4, 0.5) is 0 Å². The van der Waals surface area contributed by atoms with Crippen LogP contribution >= 0.6 is 92.8 Å². The molecule has 0 heterocycles. The summed E-state index contributed by atoms with van der Waals surface area (Å²) in [5, 5.41) is -0.930. The third kappa shape index (κ3) is 1.80. The summed E-state index contributed by atoms with van der Waals surface area (Å²) < 4.78 is -1.07. The zero-order valence-corrected chi connectivity index (χ0v) is 15.0. The molecule has 0 radical (unpaired) electrons. The molecule has 0 spiro atoms. The van der Waals surface area contributed by atoms with Crippen LogP contribution in [-0.2, 0) is 0 Å². The quantitative estimate of drug-likeness (QED) is 0.523. The second-order valence-electron chi connectivity index (χ2n) is 5.03. The second-order valence-corrected chi connectivity index (χ2v) is 9.17. The van der Waals surface area contributed by atoms with Crippen molar-refractivity contribution in [2.45, 2.75) is 26.3 Å². The van der Waals surface area contributed by atoms with Gasteiger partial charge in [-0.1, -0.05) is 0 Å². The van der Waals surface area contributed by atoms with Crippen molar-refractivity contribution in [3.8, 4) is 0 Å². The van der Waals surface area contributed by atoms with Crippen LogP contribution < -0.4 is 0 Å². The molecule has 2 bridgehead atoms. The fraction of sp³-hybridized carbons (Fsp3) is 1.00. The van der Waals surface area contributed by atoms with E-state index in [4.69, 9.17) is 92.8 Å². The first-order valence-electron chi connectivity index (χ1n) is 5.27. The molecule has 0 aliphatic heterocycles. The number of fused-ring (bicyclic) bond motifs is 2. The number of halogens is 8. The Labute approximate surface area is 146 Å². The van der Waals surface area contributed by atoms with Gasteiger partial charge in [-0.25, -0.2) is 0 Å². The van der Waals surface area contributed by atoms with Crippen LogP contribution in [0.1, 0.15) is 6.42 Å². The maximum atomic E-state index is 6.44. The molecule has 0 aromatic rings. The molecule has 0 N–H and O–H groups in total. The van der Waals surface area contributed by atoms with Crippen molar-refractivity contribution >= 4 is 92.8 Å². The van der Waals surface area contributed by atoms with Crippen LogP contribution in [0.3, 0.4) is 0 Å². The van der Waals surface area contributed by atoms with Crippen molar-refractivity contribution in [3.05, 3.63) is 0 Å². The summed E-state index contributed by atoms with van der Waals surface area (Å²) in [5.41, 5.74) is -1.44. The molecule has 4 atom stereocenters. The summed E-state index contributed by atoms with van der Waals surface area (Å²) in [4.78, 5) is -0.789. The number of alkyl halides is 8. The predicted molar refractivity (Wildman–Crippen MR) is 83.6 cm³/mol. The summed E-state index contributed by atoms with van der Waals surface area (Å²) in [6, 6.07) is 0. The first-order chi connectivity index (χ1) is 8.21. The lowest BCUT2D eigenvalue weighted by Crippen LogP contribution is -2.48. The molecular formula is C10H10Cl8. The van der Waals surface area contributed by atoms with Gasteiger partial charge in [0.2, 0.25) is 0 Å². The van der Waals surface area contributed by atoms with Crippen LogP contribution in [-0.4, -0.2) is 31.7 Å². The van der Waals surface area contributed by atoms with Gasteiger partial charge in [-0.2, -0.15) is 0 Å². The maximum absolute atomic E-state index is 6.44. The third-order valence-corrected chi connectivity index (χ3v) is 8.23. The molecule has 8 heteroatoms. The Kier molecular flexibility index (Phi) is 4.82. The lowest BCUT2D eigenvalue weighted by molar-refractivity contribution is 0.156. The van der Waals surface area contributed by atoms with E-state index in [1.54, 1.807) is 0 Å². The van der Waals surface area contributed by atoms with Crippen LogP contribution in [0.15, 0.2) is 0 Å². The Morgan fingerprint density at radius 1 is 1.06 bits per heavy atom. The molecule has 18 heavy (non-hydrogen) atoms. The van der Waals surface area contributed by atoms with E-state index in [9.17, 15) is 0 Å². The van der Waals surface area contributed by atoms with Crippen LogP contribution in [0.25, 0.3) is 0 Å². The molecule has 106 valence electrons. The smallest absolute Gasteiger partial charge is 0.123 e. The van der Waals surface area contributed by atoms with Crippen molar-refractivity contribution in [1.29, 1.82) is 0 Å². The molecule has 2 fully saturated rings. The highest BCUT2D eigenvalue weighted by atomic mass is 35.5. The molecule has 0 unspecified atom stereocenters. The summed E-state index contributed by atoms with van der Waals surface area (Å²) in [5.74, 6) is 0.0858. The molecular weight excluding hydrogens is 404 g/mol. The monoisotopic (exact) mass is 410 g/mol. The van der Waals surface area contributed by atoms with Gasteiger partial charge in [-0.05, 0) is 6.42 Å². The summed E-state index contributed by atoms with van der Waals surface area (Å²) in [6.45, 7) is 0. The fourth-order valence-electron chi connectivity index (χ4n) is 3.60. The van der Waals surface area contributed by atoms with Crippen molar-refractivity contribution in [2.75, 3.05) is 11.8 Å². The van der Waals surface area contributed by atoms with Crippen LogP contribution in [0.2, 0.25) is 0 Å². The average Bonchev–Trinajstić information content (AvgIpc) is 2.62. The van der Waals surface area contributed by atoms with Gasteiger partial charge < -0.3 is 0 Å². The van der Waals surface area contributed by atoms with Crippen molar-refractivity contribution in [2.24, 2.45) is 16.7 Å². The van der Waals surface area contributed by atoms with Gasteiger partial charge in [0, 0.05) is 28.5 Å². The number of rotatable bonds is 3. The van der Waals surface area contributed by atoms with Gasteiger partial charge in [0.25, 0.3) is 0 Å². The van der Waals surface area contributed by atoms with Crippen molar-refractivity contribution < 1.29 is 0 Å². The molecule has 2 aliphatic carbocycles. The third-order valence-electron chi connectivity index (χ3n) is 4.46. The molecule has 0 nitrogen and oxygen atoms in total. The van der Waals surface area contributed by atoms with Gasteiger partial charge in [0.05, 0.1) is 10.8 Å². The standard InChI is InChI=1S/C10H10Cl8/c11-2-8(3-12)5-4(13)6(14)9(8,7(15)16)1-10(5,17)18/h4-7H,1-3H2/t4-,5-,6+,9+/m0/s1. The molecule has 2 saturated carbocycles. The molecule has 0 saturated heterocycles. The van der Waals surface area contributed by atoms with Crippen LogP contribution in [0.5, 0.6) is 0 Å². The Balaban J connectivity index is 2.65. The Bertz CT molecular complexity index is 339. The summed E-state index contributed by atoms with van der Waals surface area (Å²) in [7, 11) is 0. The van der Waals surface area contributed by atoms with E-state index in [0.29, 0.717) is 6.42 Å². The zero-order valence-electron chi connectivity index (χ0n) is 8.95. The van der Waals surface area contributed by atoms with Crippen molar-refractivity contribution in [1.82, 2.24) is 0 Å². The van der Waals surface area contributed by atoms with E-state index >= 15 is 0 Å². The lowest BCUT2D eigenvalue weighted by Gasteiger charge is -2.43. The van der Waals surface area contributed by atoms with Gasteiger partial charge in [0.1, 0.15) is 9.17 Å². The van der Waals surface area contributed by atoms with Gasteiger partial charge in [-0.3, -0.25) is 0 Å². The Hall–Kier alpha value is 2.32. The summed E-state index contributed by atoms with van der Waals surface area (Å²) in [6.07, 6.45) is 0.336. The molecule has 0 aromatic heterocycles. The zero-order chi connectivity index (χ0) is 13.9. The van der Waals surface area contributed by atoms with Crippen molar-refractivity contribution in [3.63, 3.8) is 0 Å². The minimum Gasteiger partial charge on any atom is -0.126 e. The fourth-order valence-corrected chi connectivity index (χ4v) is 8.21. The van der Waals surface area contributed by atoms with E-state index in [0.717, 1.165) is 0 Å². The predicted octanol–water partition coefficient (Wildman–Crippen LogP) is 5.66. The van der Waals surface area contributed by atoms with E-state index in [2.05, 4.69) is 0 Å². The number of hydrogen-bond acceptors (Lipinski definition) is 0. The van der Waals surface area contributed by atoms with E-state index in [-0.39, 0.29) is 17.7 Å². The highest BCUT2D eigenvalue weighted by Crippen LogP contribution is 2.77. The lowest BCUT2D eigenvalue weighted by atomic mass is 9.70. The normalized spacial score (nSPS) is 44.8. The second kappa shape index (κ2) is 5.20. The SMILES string of the molecule is ClCC1(CCl)[C@@H]2[C@H](Cl)[C@@H](Cl)[C@@]1(C(Cl)Cl)CC2(Cl)Cl. The largest absolute Gasteiger partial charge is 0.126 e. The highest BCUT2D eigenvalue weighted by Gasteiger charge is 2.80. The maximum Gasteiger partial charge on any atom is 0.123 e. The highest BCUT2D eigenvalue weighted by molar-refractivity contribution is 6.51. The minimum atomic E-state index is -1.07. The van der Waals surface area contributed by atoms with E-state index < -0.39 is 30.8 Å². The Morgan fingerprint density at radius 2 is 1.56 bits per heavy atom. The number of hydrogen-bond donors (Lipinski definition) is 0. The van der Waals surface area contributed by atoms with E-state index in [1.807, 2.05) is 0 Å². The van der Waals surface area contributed by atoms with Gasteiger partial charge in [-0.15, -0.1) is 92.8 Å². The average molecular weight is 414 g/mol. The first kappa shape index (κ1) is 16.7. The summed E-state index contributed by atoms with van der Waals surface area (Å²) >= 11 is 50.3. The van der Waals surface area contributed by atoms with Gasteiger partial charge >= 0.3 is 0 Å². The molecule has 2 aliphatic rings. The Morgan fingerprint density at radius 3 is 1.89 bits per heavy atom. The van der Waals surface area contributed by atoms with Gasteiger partial charge in [0.15, 0.2) is 0 Å². The first-order valence-corrected chi connectivity index (χ1v) is 8.84. The topological polar surface area (TPSA) is 0 Å². The molecule has 0 aromatic carbocycles. The minimum absolute atomic E-state index is 0.213. The van der Waals surface area contributed by atoms with Crippen LogP contribution in [0, 0.1) is 16.7 Å². The molecule has 2 rings (SSSR count). The van der Waals surface area contributed by atoms with E-state index in [1.165, 1.54) is 0 Å². The molecule has 0 amide bonds.